The van der Waals surface area contributed by atoms with Crippen LogP contribution in [0.3, 0.4) is 0 Å². The first kappa shape index (κ1) is 21.0. The number of piperidine rings is 2. The first-order chi connectivity index (χ1) is 12.1. The number of hydrogen-bond donors (Lipinski definition) is 2. The highest BCUT2D eigenvalue weighted by Gasteiger charge is 2.55. The van der Waals surface area contributed by atoms with Gasteiger partial charge in [-0.25, -0.2) is 4.79 Å². The molecule has 2 rings (SSSR count). The number of likely N-dealkylation sites (tertiary alicyclic amines) is 2. The normalized spacial score (nSPS) is 30.9. The van der Waals surface area contributed by atoms with E-state index in [2.05, 4.69) is 24.1 Å². The molecule has 6 nitrogen and oxygen atoms in total. The van der Waals surface area contributed by atoms with Crippen molar-refractivity contribution >= 4 is 12.0 Å². The van der Waals surface area contributed by atoms with Gasteiger partial charge >= 0.3 is 6.09 Å². The molecule has 2 amide bonds. The molecule has 26 heavy (non-hydrogen) atoms. The molecular weight excluding hydrogens is 330 g/mol. The summed E-state index contributed by atoms with van der Waals surface area (Å²) in [6.45, 7) is 12.2. The van der Waals surface area contributed by atoms with E-state index in [-0.39, 0.29) is 5.91 Å². The Balaban J connectivity index is 2.09. The van der Waals surface area contributed by atoms with Gasteiger partial charge in [0.05, 0.1) is 0 Å². The second kappa shape index (κ2) is 8.15. The van der Waals surface area contributed by atoms with Crippen LogP contribution in [0.1, 0.15) is 73.1 Å². The second-order valence-electron chi connectivity index (χ2n) is 9.12. The lowest BCUT2D eigenvalue weighted by molar-refractivity contribution is -0.143. The van der Waals surface area contributed by atoms with Gasteiger partial charge in [-0.1, -0.05) is 27.2 Å². The topological polar surface area (TPSA) is 72.9 Å². The van der Waals surface area contributed by atoms with E-state index in [0.29, 0.717) is 31.6 Å². The molecule has 0 radical (unpaired) electrons. The van der Waals surface area contributed by atoms with Crippen LogP contribution in [0, 0.1) is 5.41 Å². The molecule has 0 aliphatic carbocycles. The van der Waals surface area contributed by atoms with Gasteiger partial charge in [0.2, 0.25) is 5.91 Å². The molecule has 0 bridgehead atoms. The smallest absolute Gasteiger partial charge is 0.408 e. The highest BCUT2D eigenvalue weighted by Crippen LogP contribution is 2.43. The zero-order valence-electron chi connectivity index (χ0n) is 17.2. The lowest BCUT2D eigenvalue weighted by atomic mass is 9.67. The van der Waals surface area contributed by atoms with E-state index in [4.69, 9.17) is 0 Å². The lowest BCUT2D eigenvalue weighted by Gasteiger charge is -2.52. The minimum absolute atomic E-state index is 0.135. The molecule has 150 valence electrons. The minimum Gasteiger partial charge on any atom is -0.465 e. The van der Waals surface area contributed by atoms with E-state index >= 15 is 0 Å². The molecular formula is C20H37N3O3. The second-order valence-corrected chi connectivity index (χ2v) is 9.12. The van der Waals surface area contributed by atoms with Crippen molar-refractivity contribution in [3.63, 3.8) is 0 Å². The number of carbonyl (C=O) groups excluding carboxylic acids is 1. The van der Waals surface area contributed by atoms with E-state index in [1.54, 1.807) is 0 Å². The average molecular weight is 368 g/mol. The summed E-state index contributed by atoms with van der Waals surface area (Å²) >= 11 is 0. The maximum absolute atomic E-state index is 13.3. The Hall–Kier alpha value is -1.30. The molecule has 2 fully saturated rings. The van der Waals surface area contributed by atoms with Crippen molar-refractivity contribution in [1.82, 2.24) is 15.1 Å². The number of carboxylic acid groups (broad SMARTS) is 1. The van der Waals surface area contributed by atoms with Gasteiger partial charge in [0.15, 0.2) is 0 Å². The van der Waals surface area contributed by atoms with Gasteiger partial charge in [-0.15, -0.1) is 0 Å². The van der Waals surface area contributed by atoms with Crippen molar-refractivity contribution in [2.24, 2.45) is 5.41 Å². The monoisotopic (exact) mass is 367 g/mol. The Kier molecular flexibility index (Phi) is 6.59. The molecule has 0 aromatic carbocycles. The van der Waals surface area contributed by atoms with Gasteiger partial charge in [0.25, 0.3) is 0 Å². The maximum Gasteiger partial charge on any atom is 0.408 e. The summed E-state index contributed by atoms with van der Waals surface area (Å²) in [5, 5.41) is 12.8. The van der Waals surface area contributed by atoms with E-state index in [1.807, 2.05) is 20.8 Å². The molecule has 2 heterocycles. The number of nitrogens with zero attached hydrogens (tertiary/aromatic N) is 2. The summed E-state index contributed by atoms with van der Waals surface area (Å²) in [6, 6.07) is 1.08. The van der Waals surface area contributed by atoms with Gasteiger partial charge in [-0.3, -0.25) is 14.6 Å². The maximum atomic E-state index is 13.3. The molecule has 2 aliphatic heterocycles. The van der Waals surface area contributed by atoms with Gasteiger partial charge in [-0.2, -0.15) is 0 Å². The quantitative estimate of drug-likeness (QED) is 0.799. The molecule has 2 N–H and O–H groups in total. The van der Waals surface area contributed by atoms with Gasteiger partial charge in [-0.05, 0) is 51.4 Å². The summed E-state index contributed by atoms with van der Waals surface area (Å²) in [4.78, 5) is 29.0. The van der Waals surface area contributed by atoms with E-state index in [9.17, 15) is 14.7 Å². The third kappa shape index (κ3) is 4.00. The van der Waals surface area contributed by atoms with Crippen molar-refractivity contribution in [3.05, 3.63) is 0 Å². The van der Waals surface area contributed by atoms with Crippen LogP contribution in [-0.4, -0.2) is 64.2 Å². The SMILES string of the molecule is CC1CCCC(C)N1CCNC(=O)[C@@]1(C(C)(C)C)CCCCN1C(=O)O. The number of hydrogen-bond acceptors (Lipinski definition) is 3. The summed E-state index contributed by atoms with van der Waals surface area (Å²) < 4.78 is 0. The van der Waals surface area contributed by atoms with Crippen molar-refractivity contribution in [2.75, 3.05) is 19.6 Å². The van der Waals surface area contributed by atoms with Crippen molar-refractivity contribution in [3.8, 4) is 0 Å². The molecule has 2 saturated heterocycles. The summed E-state index contributed by atoms with van der Waals surface area (Å²) in [7, 11) is 0. The van der Waals surface area contributed by atoms with Crippen LogP contribution < -0.4 is 5.32 Å². The van der Waals surface area contributed by atoms with Crippen LogP contribution >= 0.6 is 0 Å². The molecule has 0 aromatic rings. The molecule has 2 unspecified atom stereocenters. The standard InChI is InChI=1S/C20H37N3O3/c1-15-9-8-10-16(2)22(15)14-12-21-17(24)20(19(3,4)5)11-6-7-13-23(20)18(25)26/h15-16H,6-14H2,1-5H3,(H,21,24)(H,25,26)/t15?,16?,20-/m1/s1. The van der Waals surface area contributed by atoms with E-state index in [1.165, 1.54) is 24.2 Å². The van der Waals surface area contributed by atoms with Crippen LogP contribution in [0.5, 0.6) is 0 Å². The summed E-state index contributed by atoms with van der Waals surface area (Å²) in [5.41, 5.74) is -1.45. The zero-order valence-corrected chi connectivity index (χ0v) is 17.2. The lowest BCUT2D eigenvalue weighted by Crippen LogP contribution is -2.68. The number of amides is 2. The largest absolute Gasteiger partial charge is 0.465 e. The van der Waals surface area contributed by atoms with Crippen LogP contribution in [-0.2, 0) is 4.79 Å². The van der Waals surface area contributed by atoms with E-state index in [0.717, 1.165) is 19.4 Å². The third-order valence-corrected chi connectivity index (χ3v) is 6.51. The van der Waals surface area contributed by atoms with Crippen molar-refractivity contribution < 1.29 is 14.7 Å². The predicted molar refractivity (Wildman–Crippen MR) is 103 cm³/mol. The van der Waals surface area contributed by atoms with Crippen LogP contribution in [0.15, 0.2) is 0 Å². The fourth-order valence-corrected chi connectivity index (χ4v) is 4.95. The third-order valence-electron chi connectivity index (χ3n) is 6.51. The van der Waals surface area contributed by atoms with E-state index < -0.39 is 17.0 Å². The fraction of sp³-hybridized carbons (Fsp3) is 0.900. The Morgan fingerprint density at radius 1 is 1.12 bits per heavy atom. The van der Waals surface area contributed by atoms with Crippen LogP contribution in [0.2, 0.25) is 0 Å². The van der Waals surface area contributed by atoms with Crippen molar-refractivity contribution in [2.45, 2.75) is 90.8 Å². The van der Waals surface area contributed by atoms with Gasteiger partial charge < -0.3 is 10.4 Å². The number of nitrogens with one attached hydrogen (secondary N) is 1. The molecule has 0 saturated carbocycles. The number of carbonyl (C=O) groups is 2. The first-order valence-electron chi connectivity index (χ1n) is 10.2. The van der Waals surface area contributed by atoms with Gasteiger partial charge in [0.1, 0.15) is 5.54 Å². The van der Waals surface area contributed by atoms with Crippen molar-refractivity contribution in [1.29, 1.82) is 0 Å². The minimum atomic E-state index is -0.993. The highest BCUT2D eigenvalue weighted by molar-refractivity contribution is 5.90. The Morgan fingerprint density at radius 3 is 2.27 bits per heavy atom. The molecule has 0 aromatic heterocycles. The highest BCUT2D eigenvalue weighted by atomic mass is 16.4. The first-order valence-corrected chi connectivity index (χ1v) is 10.2. The summed E-state index contributed by atoms with van der Waals surface area (Å²) in [5.74, 6) is -0.135. The Bertz CT molecular complexity index is 507. The van der Waals surface area contributed by atoms with Crippen LogP contribution in [0.25, 0.3) is 0 Å². The Labute approximate surface area is 158 Å². The van der Waals surface area contributed by atoms with Crippen LogP contribution in [0.4, 0.5) is 4.79 Å². The average Bonchev–Trinajstić information content (AvgIpc) is 2.56. The molecule has 6 heteroatoms. The molecule has 3 atom stereocenters. The van der Waals surface area contributed by atoms with Gasteiger partial charge in [0, 0.05) is 31.7 Å². The summed E-state index contributed by atoms with van der Waals surface area (Å²) in [6.07, 6.45) is 4.98. The Morgan fingerprint density at radius 2 is 1.73 bits per heavy atom. The zero-order chi connectivity index (χ0) is 19.5. The fourth-order valence-electron chi connectivity index (χ4n) is 4.95. The predicted octanol–water partition coefficient (Wildman–Crippen LogP) is 3.31. The molecule has 0 spiro atoms. The molecule has 2 aliphatic rings. The number of rotatable bonds is 4.